The molecule has 0 spiro atoms. The Labute approximate surface area is 473 Å². The summed E-state index contributed by atoms with van der Waals surface area (Å²) in [4.78, 5) is 26.6. The van der Waals surface area contributed by atoms with Gasteiger partial charge in [0.2, 0.25) is 5.91 Å². The van der Waals surface area contributed by atoms with Gasteiger partial charge in [0.05, 0.1) is 25.4 Å². The van der Waals surface area contributed by atoms with E-state index in [4.69, 9.17) is 14.2 Å². The van der Waals surface area contributed by atoms with Gasteiger partial charge < -0.3 is 45.1 Å². The molecule has 6 N–H and O–H groups in total. The number of rotatable bonds is 57. The number of nitrogens with one attached hydrogen (secondary N) is 1. The van der Waals surface area contributed by atoms with E-state index in [1.807, 2.05) is 6.08 Å². The van der Waals surface area contributed by atoms with Gasteiger partial charge in [0, 0.05) is 6.42 Å². The first kappa shape index (κ1) is 73.2. The van der Waals surface area contributed by atoms with Crippen LogP contribution in [0, 0.1) is 0 Å². The van der Waals surface area contributed by atoms with Crippen molar-refractivity contribution in [3.8, 4) is 0 Å². The van der Waals surface area contributed by atoms with E-state index in [1.54, 1.807) is 6.08 Å². The summed E-state index contributed by atoms with van der Waals surface area (Å²) < 4.78 is 17.6. The van der Waals surface area contributed by atoms with Gasteiger partial charge in [0.1, 0.15) is 24.4 Å². The van der Waals surface area contributed by atoms with Crippen molar-refractivity contribution in [1.29, 1.82) is 0 Å². The minimum atomic E-state index is -1.61. The van der Waals surface area contributed by atoms with Gasteiger partial charge in [-0.05, 0) is 51.4 Å². The normalized spacial score (nSPS) is 19.1. The van der Waals surface area contributed by atoms with Gasteiger partial charge in [-0.3, -0.25) is 9.59 Å². The summed E-state index contributed by atoms with van der Waals surface area (Å²) in [6.45, 7) is 5.82. The number of hydrogen-bond donors (Lipinski definition) is 6. The van der Waals surface area contributed by atoms with Crippen LogP contribution < -0.4 is 5.32 Å². The number of amides is 1. The van der Waals surface area contributed by atoms with Crippen molar-refractivity contribution in [2.24, 2.45) is 0 Å². The summed E-state index contributed by atoms with van der Waals surface area (Å²) in [5.41, 5.74) is 0. The van der Waals surface area contributed by atoms with Crippen molar-refractivity contribution in [1.82, 2.24) is 5.32 Å². The number of ether oxygens (including phenoxy) is 3. The van der Waals surface area contributed by atoms with Crippen molar-refractivity contribution in [3.63, 3.8) is 0 Å². The van der Waals surface area contributed by atoms with Gasteiger partial charge in [0.15, 0.2) is 12.4 Å². The van der Waals surface area contributed by atoms with Crippen molar-refractivity contribution < 1.29 is 49.3 Å². The standard InChI is InChI=1S/C66H125NO10/c1-4-7-10-13-16-19-22-24-26-28-29-30-32-33-35-38-41-44-47-50-53-59(70)65(74)67-57(58(69)52-49-46-43-40-37-21-18-15-12-9-6-3)56-75-66-64(63(73)62(72)60(55-68)76-66)77-61(71)54-51-48-45-42-39-36-34-31-27-25-23-20-17-14-11-8-5-2/h25,27,49,52,57-60,62-64,66,68-70,72-73H,4-24,26,28-48,50-51,53-56H2,1-3H3,(H,67,74)/b27-25+,52-49+. The third-order valence-electron chi connectivity index (χ3n) is 15.9. The Bertz CT molecular complexity index is 1350. The van der Waals surface area contributed by atoms with Crippen LogP contribution in [0.3, 0.4) is 0 Å². The highest BCUT2D eigenvalue weighted by molar-refractivity contribution is 5.80. The highest BCUT2D eigenvalue weighted by Gasteiger charge is 2.47. The molecule has 1 aliphatic heterocycles. The fraction of sp³-hybridized carbons (Fsp3) is 0.909. The molecule has 454 valence electrons. The van der Waals surface area contributed by atoms with E-state index in [1.165, 1.54) is 205 Å². The fourth-order valence-electron chi connectivity index (χ4n) is 10.6. The third-order valence-corrected chi connectivity index (χ3v) is 15.9. The Hall–Kier alpha value is -1.86. The average Bonchev–Trinajstić information content (AvgIpc) is 3.43. The molecule has 0 bridgehead atoms. The monoisotopic (exact) mass is 1090 g/mol. The van der Waals surface area contributed by atoms with Gasteiger partial charge in [-0.1, -0.05) is 289 Å². The van der Waals surface area contributed by atoms with Gasteiger partial charge in [-0.25, -0.2) is 0 Å². The highest BCUT2D eigenvalue weighted by atomic mass is 16.7. The number of allylic oxidation sites excluding steroid dienone is 3. The third kappa shape index (κ3) is 42.6. The zero-order valence-corrected chi connectivity index (χ0v) is 50.4. The summed E-state index contributed by atoms with van der Waals surface area (Å²) in [6, 6.07) is -1.02. The smallest absolute Gasteiger partial charge is 0.306 e. The lowest BCUT2D eigenvalue weighted by Crippen LogP contribution is -2.61. The molecule has 8 atom stereocenters. The van der Waals surface area contributed by atoms with E-state index >= 15 is 0 Å². The van der Waals surface area contributed by atoms with E-state index < -0.39 is 67.4 Å². The minimum absolute atomic E-state index is 0.122. The lowest BCUT2D eigenvalue weighted by Gasteiger charge is -2.41. The zero-order valence-electron chi connectivity index (χ0n) is 50.4. The first-order chi connectivity index (χ1) is 37.7. The summed E-state index contributed by atoms with van der Waals surface area (Å²) in [5.74, 6) is -1.18. The number of esters is 1. The molecule has 11 nitrogen and oxygen atoms in total. The molecule has 1 saturated heterocycles. The van der Waals surface area contributed by atoms with Crippen LogP contribution in [0.1, 0.15) is 323 Å². The molecule has 0 aromatic heterocycles. The molecule has 1 rings (SSSR count). The molecule has 1 aliphatic rings. The van der Waals surface area contributed by atoms with E-state index in [9.17, 15) is 35.1 Å². The van der Waals surface area contributed by atoms with Crippen LogP contribution in [0.15, 0.2) is 24.3 Å². The first-order valence-electron chi connectivity index (χ1n) is 33.1. The summed E-state index contributed by atoms with van der Waals surface area (Å²) >= 11 is 0. The zero-order chi connectivity index (χ0) is 56.1. The van der Waals surface area contributed by atoms with Gasteiger partial charge in [-0.15, -0.1) is 0 Å². The molecular formula is C66H125NO10. The Morgan fingerprint density at radius 3 is 1.26 bits per heavy atom. The number of carbonyl (C=O) groups excluding carboxylic acids is 2. The molecule has 0 aromatic carbocycles. The van der Waals surface area contributed by atoms with Gasteiger partial charge >= 0.3 is 5.97 Å². The Kier molecular flexibility index (Phi) is 52.0. The van der Waals surface area contributed by atoms with E-state index in [-0.39, 0.29) is 13.0 Å². The quantitative estimate of drug-likeness (QED) is 0.0195. The lowest BCUT2D eigenvalue weighted by molar-refractivity contribution is -0.305. The molecule has 8 unspecified atom stereocenters. The summed E-state index contributed by atoms with van der Waals surface area (Å²) in [5, 5.41) is 57.0. The average molecular weight is 1090 g/mol. The second-order valence-corrected chi connectivity index (χ2v) is 23.2. The lowest BCUT2D eigenvalue weighted by atomic mass is 9.99. The van der Waals surface area contributed by atoms with Gasteiger partial charge in [-0.2, -0.15) is 0 Å². The Morgan fingerprint density at radius 2 is 0.857 bits per heavy atom. The summed E-state index contributed by atoms with van der Waals surface area (Å²) in [7, 11) is 0. The number of aliphatic hydroxyl groups excluding tert-OH is 5. The molecule has 1 heterocycles. The van der Waals surface area contributed by atoms with Crippen LogP contribution in [0.4, 0.5) is 0 Å². The maximum absolute atomic E-state index is 13.4. The first-order valence-corrected chi connectivity index (χ1v) is 33.1. The maximum atomic E-state index is 13.4. The van der Waals surface area contributed by atoms with Crippen LogP contribution in [0.2, 0.25) is 0 Å². The van der Waals surface area contributed by atoms with Crippen LogP contribution in [-0.4, -0.2) is 99.6 Å². The maximum Gasteiger partial charge on any atom is 0.306 e. The number of hydrogen-bond acceptors (Lipinski definition) is 10. The number of unbranched alkanes of at least 4 members (excludes halogenated alkanes) is 41. The molecule has 0 saturated carbocycles. The Morgan fingerprint density at radius 1 is 0.494 bits per heavy atom. The molecule has 1 fully saturated rings. The fourth-order valence-corrected chi connectivity index (χ4v) is 10.6. The largest absolute Gasteiger partial charge is 0.454 e. The second kappa shape index (κ2) is 54.7. The number of aliphatic hydroxyl groups is 5. The minimum Gasteiger partial charge on any atom is -0.454 e. The van der Waals surface area contributed by atoms with Crippen LogP contribution >= 0.6 is 0 Å². The second-order valence-electron chi connectivity index (χ2n) is 23.2. The highest BCUT2D eigenvalue weighted by Crippen LogP contribution is 2.26. The molecule has 1 amide bonds. The topological polar surface area (TPSA) is 175 Å². The Balaban J connectivity index is 2.61. The van der Waals surface area contributed by atoms with Crippen molar-refractivity contribution in [2.45, 2.75) is 372 Å². The van der Waals surface area contributed by atoms with Crippen LogP contribution in [0.5, 0.6) is 0 Å². The predicted octanol–water partition coefficient (Wildman–Crippen LogP) is 16.1. The molecule has 0 radical (unpaired) electrons. The molecule has 0 aliphatic carbocycles. The van der Waals surface area contributed by atoms with Crippen LogP contribution in [0.25, 0.3) is 0 Å². The van der Waals surface area contributed by atoms with Crippen molar-refractivity contribution >= 4 is 11.9 Å². The molecule has 77 heavy (non-hydrogen) atoms. The van der Waals surface area contributed by atoms with E-state index in [0.717, 1.165) is 70.6 Å². The van der Waals surface area contributed by atoms with Crippen molar-refractivity contribution in [2.75, 3.05) is 13.2 Å². The van der Waals surface area contributed by atoms with E-state index in [0.29, 0.717) is 19.3 Å². The molecule has 0 aromatic rings. The van der Waals surface area contributed by atoms with Gasteiger partial charge in [0.25, 0.3) is 0 Å². The van der Waals surface area contributed by atoms with Crippen molar-refractivity contribution in [3.05, 3.63) is 24.3 Å². The number of carbonyl (C=O) groups is 2. The van der Waals surface area contributed by atoms with E-state index in [2.05, 4.69) is 38.2 Å². The predicted molar refractivity (Wildman–Crippen MR) is 320 cm³/mol. The SMILES string of the molecule is CCCCCCCC/C=C/CCCCCCCCCC(=O)OC1C(OCC(NC(=O)C(O)CCCCCCCCCCCCCCCCCCCCCC)C(O)/C=C/CCCCCCCCCCC)OC(CO)C(O)C1O. The molecule has 11 heteroatoms. The summed E-state index contributed by atoms with van der Waals surface area (Å²) in [6.07, 6.45) is 53.6. The molecular weight excluding hydrogens is 967 g/mol. The van der Waals surface area contributed by atoms with Crippen LogP contribution in [-0.2, 0) is 23.8 Å².